The molecule has 1 unspecified atom stereocenters. The van der Waals surface area contributed by atoms with Crippen molar-refractivity contribution in [2.24, 2.45) is 5.73 Å². The number of rotatable bonds is 4. The van der Waals surface area contributed by atoms with E-state index >= 15 is 0 Å². The molecule has 0 bridgehead atoms. The molecule has 0 spiro atoms. The Balaban J connectivity index is 2.67. The molecule has 0 amide bonds. The van der Waals surface area contributed by atoms with Crippen LogP contribution in [0.15, 0.2) is 18.2 Å². The van der Waals surface area contributed by atoms with Gasteiger partial charge < -0.3 is 10.5 Å². The van der Waals surface area contributed by atoms with Crippen LogP contribution in [0.5, 0.6) is 0 Å². The summed E-state index contributed by atoms with van der Waals surface area (Å²) in [7, 11) is 1.63. The van der Waals surface area contributed by atoms with E-state index in [0.717, 1.165) is 5.56 Å². The molecule has 1 aromatic carbocycles. The molecule has 1 atom stereocenters. The summed E-state index contributed by atoms with van der Waals surface area (Å²) in [4.78, 5) is 0. The van der Waals surface area contributed by atoms with Crippen molar-refractivity contribution in [1.82, 2.24) is 0 Å². The van der Waals surface area contributed by atoms with Crippen LogP contribution in [0.1, 0.15) is 5.56 Å². The molecule has 78 valence electrons. The fourth-order valence-corrected chi connectivity index (χ4v) is 1.73. The maximum absolute atomic E-state index is 5.99. The van der Waals surface area contributed by atoms with Crippen LogP contribution in [0.3, 0.4) is 0 Å². The Labute approximate surface area is 94.0 Å². The number of hydrogen-bond acceptors (Lipinski definition) is 2. The van der Waals surface area contributed by atoms with Gasteiger partial charge in [0.15, 0.2) is 0 Å². The minimum atomic E-state index is -0.0290. The Morgan fingerprint density at radius 1 is 1.43 bits per heavy atom. The van der Waals surface area contributed by atoms with E-state index in [4.69, 9.17) is 33.7 Å². The Bertz CT molecular complexity index is 304. The van der Waals surface area contributed by atoms with Crippen LogP contribution in [-0.2, 0) is 11.2 Å². The summed E-state index contributed by atoms with van der Waals surface area (Å²) in [6.07, 6.45) is 0.698. The number of halogens is 2. The number of methoxy groups -OCH3 is 1. The maximum Gasteiger partial charge on any atom is 0.0616 e. The number of nitrogens with two attached hydrogens (primary N) is 1. The van der Waals surface area contributed by atoms with Gasteiger partial charge in [0.2, 0.25) is 0 Å². The Kier molecular flexibility index (Phi) is 4.69. The van der Waals surface area contributed by atoms with Crippen molar-refractivity contribution in [3.63, 3.8) is 0 Å². The van der Waals surface area contributed by atoms with Crippen molar-refractivity contribution >= 4 is 23.2 Å². The van der Waals surface area contributed by atoms with Crippen LogP contribution in [0, 0.1) is 0 Å². The van der Waals surface area contributed by atoms with E-state index < -0.39 is 0 Å². The highest BCUT2D eigenvalue weighted by atomic mass is 35.5. The van der Waals surface area contributed by atoms with Crippen LogP contribution >= 0.6 is 23.2 Å². The third kappa shape index (κ3) is 3.46. The average Bonchev–Trinajstić information content (AvgIpc) is 2.10. The maximum atomic E-state index is 5.99. The molecule has 0 aliphatic carbocycles. The molecule has 2 nitrogen and oxygen atoms in total. The van der Waals surface area contributed by atoms with Crippen molar-refractivity contribution in [3.05, 3.63) is 33.8 Å². The minimum absolute atomic E-state index is 0.0290. The third-order valence-electron chi connectivity index (χ3n) is 1.88. The lowest BCUT2D eigenvalue weighted by molar-refractivity contribution is 0.180. The summed E-state index contributed by atoms with van der Waals surface area (Å²) in [5.74, 6) is 0. The van der Waals surface area contributed by atoms with E-state index in [2.05, 4.69) is 0 Å². The lowest BCUT2D eigenvalue weighted by atomic mass is 10.1. The standard InChI is InChI=1S/C10H13Cl2NO/c1-14-6-9(13)4-7-2-3-8(11)5-10(7)12/h2-3,5,9H,4,6,13H2,1H3. The molecule has 0 saturated carbocycles. The topological polar surface area (TPSA) is 35.2 Å². The van der Waals surface area contributed by atoms with Crippen LogP contribution in [0.25, 0.3) is 0 Å². The summed E-state index contributed by atoms with van der Waals surface area (Å²) >= 11 is 11.8. The van der Waals surface area contributed by atoms with Gasteiger partial charge in [-0.25, -0.2) is 0 Å². The van der Waals surface area contributed by atoms with E-state index in [1.807, 2.05) is 12.1 Å². The van der Waals surface area contributed by atoms with Crippen molar-refractivity contribution in [1.29, 1.82) is 0 Å². The van der Waals surface area contributed by atoms with E-state index in [9.17, 15) is 0 Å². The lowest BCUT2D eigenvalue weighted by Gasteiger charge is -2.11. The zero-order valence-electron chi connectivity index (χ0n) is 7.97. The summed E-state index contributed by atoms with van der Waals surface area (Å²) in [6.45, 7) is 0.527. The molecule has 0 radical (unpaired) electrons. The number of hydrogen-bond donors (Lipinski definition) is 1. The smallest absolute Gasteiger partial charge is 0.0616 e. The summed E-state index contributed by atoms with van der Waals surface area (Å²) < 4.78 is 4.95. The Morgan fingerprint density at radius 3 is 2.71 bits per heavy atom. The predicted molar refractivity (Wildman–Crippen MR) is 60.0 cm³/mol. The van der Waals surface area contributed by atoms with Gasteiger partial charge >= 0.3 is 0 Å². The molecule has 0 fully saturated rings. The van der Waals surface area contributed by atoms with Crippen LogP contribution in [-0.4, -0.2) is 19.8 Å². The quantitative estimate of drug-likeness (QED) is 0.868. The van der Waals surface area contributed by atoms with Crippen molar-refractivity contribution in [2.75, 3.05) is 13.7 Å². The summed E-state index contributed by atoms with van der Waals surface area (Å²) in [6, 6.07) is 5.39. The largest absolute Gasteiger partial charge is 0.383 e. The van der Waals surface area contributed by atoms with E-state index in [-0.39, 0.29) is 6.04 Å². The second kappa shape index (κ2) is 5.56. The second-order valence-electron chi connectivity index (χ2n) is 3.16. The molecule has 0 aromatic heterocycles. The first-order chi connectivity index (χ1) is 6.63. The molecule has 4 heteroatoms. The molecule has 0 saturated heterocycles. The highest BCUT2D eigenvalue weighted by molar-refractivity contribution is 6.35. The van der Waals surface area contributed by atoms with Crippen molar-refractivity contribution in [2.45, 2.75) is 12.5 Å². The second-order valence-corrected chi connectivity index (χ2v) is 4.00. The van der Waals surface area contributed by atoms with Gasteiger partial charge in [0.05, 0.1) is 6.61 Å². The molecule has 14 heavy (non-hydrogen) atoms. The normalized spacial score (nSPS) is 12.9. The fourth-order valence-electron chi connectivity index (χ4n) is 1.24. The first-order valence-corrected chi connectivity index (χ1v) is 5.07. The van der Waals surface area contributed by atoms with Crippen LogP contribution in [0.4, 0.5) is 0 Å². The van der Waals surface area contributed by atoms with Gasteiger partial charge in [-0.05, 0) is 24.1 Å². The molecular formula is C10H13Cl2NO. The van der Waals surface area contributed by atoms with Crippen molar-refractivity contribution in [3.8, 4) is 0 Å². The minimum Gasteiger partial charge on any atom is -0.383 e. The van der Waals surface area contributed by atoms with Gasteiger partial charge in [-0.1, -0.05) is 29.3 Å². The first-order valence-electron chi connectivity index (χ1n) is 4.32. The number of ether oxygens (including phenoxy) is 1. The van der Waals surface area contributed by atoms with Crippen LogP contribution < -0.4 is 5.73 Å². The highest BCUT2D eigenvalue weighted by Gasteiger charge is 2.07. The molecule has 2 N–H and O–H groups in total. The lowest BCUT2D eigenvalue weighted by Crippen LogP contribution is -2.28. The SMILES string of the molecule is COCC(N)Cc1ccc(Cl)cc1Cl. The highest BCUT2D eigenvalue weighted by Crippen LogP contribution is 2.21. The van der Waals surface area contributed by atoms with Gasteiger partial charge in [0.25, 0.3) is 0 Å². The Morgan fingerprint density at radius 2 is 2.14 bits per heavy atom. The zero-order chi connectivity index (χ0) is 10.6. The number of benzene rings is 1. The molecule has 0 aliphatic rings. The molecule has 1 rings (SSSR count). The fraction of sp³-hybridized carbons (Fsp3) is 0.400. The van der Waals surface area contributed by atoms with Crippen molar-refractivity contribution < 1.29 is 4.74 Å². The van der Waals surface area contributed by atoms with Gasteiger partial charge in [0.1, 0.15) is 0 Å². The first kappa shape index (κ1) is 11.8. The molecular weight excluding hydrogens is 221 g/mol. The van der Waals surface area contributed by atoms with E-state index in [0.29, 0.717) is 23.1 Å². The molecule has 0 heterocycles. The third-order valence-corrected chi connectivity index (χ3v) is 2.46. The molecule has 1 aromatic rings. The van der Waals surface area contributed by atoms with Gasteiger partial charge in [-0.2, -0.15) is 0 Å². The van der Waals surface area contributed by atoms with Gasteiger partial charge in [-0.3, -0.25) is 0 Å². The molecule has 0 aliphatic heterocycles. The average molecular weight is 234 g/mol. The van der Waals surface area contributed by atoms with Gasteiger partial charge in [0, 0.05) is 23.2 Å². The summed E-state index contributed by atoms with van der Waals surface area (Å²) in [5.41, 5.74) is 6.81. The van der Waals surface area contributed by atoms with Gasteiger partial charge in [-0.15, -0.1) is 0 Å². The van der Waals surface area contributed by atoms with Crippen LogP contribution in [0.2, 0.25) is 10.0 Å². The predicted octanol–water partition coefficient (Wildman–Crippen LogP) is 2.51. The van der Waals surface area contributed by atoms with E-state index in [1.165, 1.54) is 0 Å². The monoisotopic (exact) mass is 233 g/mol. The summed E-state index contributed by atoms with van der Waals surface area (Å²) in [5, 5.41) is 1.29. The van der Waals surface area contributed by atoms with E-state index in [1.54, 1.807) is 13.2 Å². The zero-order valence-corrected chi connectivity index (χ0v) is 9.48. The Hall–Kier alpha value is -0.280.